The number of aromatic nitrogens is 2. The van der Waals surface area contributed by atoms with Gasteiger partial charge in [0.05, 0.1) is 19.2 Å². The number of carbonyl (C=O) groups is 1. The van der Waals surface area contributed by atoms with E-state index in [4.69, 9.17) is 14.2 Å². The average Bonchev–Trinajstić information content (AvgIpc) is 3.35. The van der Waals surface area contributed by atoms with Crippen LogP contribution in [0.2, 0.25) is 0 Å². The van der Waals surface area contributed by atoms with Crippen LogP contribution in [0.4, 0.5) is 8.78 Å². The van der Waals surface area contributed by atoms with Gasteiger partial charge in [-0.15, -0.1) is 0 Å². The molecule has 3 aliphatic rings. The highest BCUT2D eigenvalue weighted by molar-refractivity contribution is 5.92. The second kappa shape index (κ2) is 7.86. The highest BCUT2D eigenvalue weighted by Crippen LogP contribution is 2.30. The fourth-order valence-corrected chi connectivity index (χ4v) is 3.78. The van der Waals surface area contributed by atoms with Gasteiger partial charge in [0.15, 0.2) is 17.3 Å². The molecule has 9 heteroatoms. The van der Waals surface area contributed by atoms with Crippen molar-refractivity contribution in [3.8, 4) is 11.6 Å². The molecule has 1 fully saturated rings. The van der Waals surface area contributed by atoms with Crippen LogP contribution in [0.1, 0.15) is 35.3 Å². The van der Waals surface area contributed by atoms with Gasteiger partial charge in [0, 0.05) is 31.1 Å². The lowest BCUT2D eigenvalue weighted by molar-refractivity contribution is 0.0892. The molecular weight excluding hydrogens is 396 g/mol. The molecule has 1 N–H and O–H groups in total. The standard InChI is InChI=1S/C21H23F2N3O4/c22-16-3-4-18-15(20(16)23)7-13(11-29-18)24-21(27)17-8-19-26(25-17)9-14(30-19)5-6-28-10-12-1-2-12/h3-4,8,12-14H,1-2,5-7,9-11H2,(H,24,27). The Morgan fingerprint density at radius 1 is 1.33 bits per heavy atom. The van der Waals surface area contributed by atoms with Crippen LogP contribution in [0.5, 0.6) is 11.6 Å². The predicted molar refractivity (Wildman–Crippen MR) is 102 cm³/mol. The Hall–Kier alpha value is -2.68. The summed E-state index contributed by atoms with van der Waals surface area (Å²) in [5.74, 6) is -0.678. The van der Waals surface area contributed by atoms with Crippen LogP contribution in [-0.2, 0) is 17.7 Å². The molecule has 2 aliphatic heterocycles. The Morgan fingerprint density at radius 3 is 3.00 bits per heavy atom. The van der Waals surface area contributed by atoms with Crippen molar-refractivity contribution in [3.05, 3.63) is 41.1 Å². The van der Waals surface area contributed by atoms with E-state index in [9.17, 15) is 13.6 Å². The van der Waals surface area contributed by atoms with E-state index in [2.05, 4.69) is 10.4 Å². The van der Waals surface area contributed by atoms with Gasteiger partial charge in [-0.25, -0.2) is 13.5 Å². The number of nitrogens with one attached hydrogen (secondary N) is 1. The van der Waals surface area contributed by atoms with Crippen LogP contribution in [0.15, 0.2) is 18.2 Å². The van der Waals surface area contributed by atoms with Gasteiger partial charge in [0.2, 0.25) is 5.88 Å². The monoisotopic (exact) mass is 419 g/mol. The molecule has 7 nitrogen and oxygen atoms in total. The highest BCUT2D eigenvalue weighted by Gasteiger charge is 2.30. The summed E-state index contributed by atoms with van der Waals surface area (Å²) in [4.78, 5) is 12.6. The average molecular weight is 419 g/mol. The van der Waals surface area contributed by atoms with Gasteiger partial charge in [-0.3, -0.25) is 4.79 Å². The Bertz CT molecular complexity index is 936. The fourth-order valence-electron chi connectivity index (χ4n) is 3.78. The number of rotatable bonds is 7. The zero-order chi connectivity index (χ0) is 20.7. The second-order valence-corrected chi connectivity index (χ2v) is 8.12. The molecule has 3 heterocycles. The molecule has 0 spiro atoms. The van der Waals surface area contributed by atoms with Crippen molar-refractivity contribution in [2.75, 3.05) is 19.8 Å². The van der Waals surface area contributed by atoms with Gasteiger partial charge >= 0.3 is 0 Å². The van der Waals surface area contributed by atoms with E-state index in [-0.39, 0.29) is 30.4 Å². The summed E-state index contributed by atoms with van der Waals surface area (Å²) >= 11 is 0. The highest BCUT2D eigenvalue weighted by atomic mass is 19.2. The third-order valence-corrected chi connectivity index (χ3v) is 5.65. The van der Waals surface area contributed by atoms with Crippen molar-refractivity contribution in [2.45, 2.75) is 44.4 Å². The molecule has 30 heavy (non-hydrogen) atoms. The number of hydrogen-bond acceptors (Lipinski definition) is 5. The summed E-state index contributed by atoms with van der Waals surface area (Å²) < 4.78 is 46.1. The van der Waals surface area contributed by atoms with Gasteiger partial charge in [-0.2, -0.15) is 5.10 Å². The fraction of sp³-hybridized carbons (Fsp3) is 0.524. The third kappa shape index (κ3) is 3.98. The molecule has 1 aliphatic carbocycles. The summed E-state index contributed by atoms with van der Waals surface area (Å²) in [6.07, 6.45) is 3.46. The summed E-state index contributed by atoms with van der Waals surface area (Å²) in [6, 6.07) is 3.55. The normalized spacial score (nSPS) is 22.1. The van der Waals surface area contributed by atoms with Crippen molar-refractivity contribution < 1.29 is 27.8 Å². The van der Waals surface area contributed by atoms with Crippen LogP contribution in [0.25, 0.3) is 0 Å². The molecule has 2 atom stereocenters. The Morgan fingerprint density at radius 2 is 2.20 bits per heavy atom. The number of amides is 1. The molecule has 0 radical (unpaired) electrons. The SMILES string of the molecule is O=C(NC1COc2ccc(F)c(F)c2C1)c1cc2n(n1)CC(CCOCC1CC1)O2. The van der Waals surface area contributed by atoms with E-state index in [0.29, 0.717) is 24.8 Å². The minimum Gasteiger partial charge on any atom is -0.491 e. The Balaban J connectivity index is 1.14. The largest absolute Gasteiger partial charge is 0.491 e. The maximum Gasteiger partial charge on any atom is 0.272 e. The number of halogens is 2. The minimum absolute atomic E-state index is 0.00932. The van der Waals surface area contributed by atoms with Gasteiger partial charge < -0.3 is 19.5 Å². The lowest BCUT2D eigenvalue weighted by Gasteiger charge is -2.26. The first-order valence-corrected chi connectivity index (χ1v) is 10.3. The minimum atomic E-state index is -0.937. The second-order valence-electron chi connectivity index (χ2n) is 8.12. The maximum absolute atomic E-state index is 14.0. The molecule has 2 unspecified atom stereocenters. The van der Waals surface area contributed by atoms with Gasteiger partial charge in [0.25, 0.3) is 5.91 Å². The maximum atomic E-state index is 14.0. The molecule has 1 aromatic heterocycles. The van der Waals surface area contributed by atoms with Gasteiger partial charge in [-0.05, 0) is 30.9 Å². The Kier molecular flexibility index (Phi) is 5.06. The third-order valence-electron chi connectivity index (χ3n) is 5.65. The van der Waals surface area contributed by atoms with Crippen molar-refractivity contribution in [1.82, 2.24) is 15.1 Å². The van der Waals surface area contributed by atoms with Crippen molar-refractivity contribution in [2.24, 2.45) is 5.92 Å². The first-order valence-electron chi connectivity index (χ1n) is 10.3. The molecule has 1 aromatic carbocycles. The summed E-state index contributed by atoms with van der Waals surface area (Å²) in [5.41, 5.74) is 0.355. The van der Waals surface area contributed by atoms with E-state index >= 15 is 0 Å². The number of benzene rings is 1. The van der Waals surface area contributed by atoms with E-state index < -0.39 is 23.6 Å². The van der Waals surface area contributed by atoms with Gasteiger partial charge in [0.1, 0.15) is 18.5 Å². The van der Waals surface area contributed by atoms with E-state index in [1.807, 2.05) is 0 Å². The molecule has 0 saturated heterocycles. The molecule has 2 aromatic rings. The van der Waals surface area contributed by atoms with Crippen LogP contribution < -0.4 is 14.8 Å². The summed E-state index contributed by atoms with van der Waals surface area (Å²) in [7, 11) is 0. The van der Waals surface area contributed by atoms with Crippen LogP contribution in [0, 0.1) is 17.6 Å². The molecule has 0 bridgehead atoms. The molecule has 5 rings (SSSR count). The molecule has 1 saturated carbocycles. The van der Waals surface area contributed by atoms with E-state index in [1.54, 1.807) is 10.7 Å². The lowest BCUT2D eigenvalue weighted by atomic mass is 10.0. The Labute approximate surface area is 172 Å². The number of nitrogens with zero attached hydrogens (tertiary/aromatic N) is 2. The van der Waals surface area contributed by atoms with E-state index in [0.717, 1.165) is 25.0 Å². The zero-order valence-corrected chi connectivity index (χ0v) is 16.4. The molecule has 160 valence electrons. The van der Waals surface area contributed by atoms with Crippen molar-refractivity contribution in [3.63, 3.8) is 0 Å². The smallest absolute Gasteiger partial charge is 0.272 e. The quantitative estimate of drug-likeness (QED) is 0.698. The van der Waals surface area contributed by atoms with Crippen LogP contribution in [0.3, 0.4) is 0 Å². The van der Waals surface area contributed by atoms with Gasteiger partial charge in [-0.1, -0.05) is 0 Å². The predicted octanol–water partition coefficient (Wildman–Crippen LogP) is 2.47. The van der Waals surface area contributed by atoms with Crippen molar-refractivity contribution >= 4 is 5.91 Å². The first kappa shape index (κ1) is 19.3. The van der Waals surface area contributed by atoms with Crippen LogP contribution in [-0.4, -0.2) is 47.7 Å². The number of hydrogen-bond donors (Lipinski definition) is 1. The molecular formula is C21H23F2N3O4. The summed E-state index contributed by atoms with van der Waals surface area (Å²) in [5, 5.41) is 7.09. The zero-order valence-electron chi connectivity index (χ0n) is 16.4. The first-order chi connectivity index (χ1) is 14.6. The van der Waals surface area contributed by atoms with Crippen LogP contribution >= 0.6 is 0 Å². The number of carbonyl (C=O) groups excluding carboxylic acids is 1. The van der Waals surface area contributed by atoms with E-state index in [1.165, 1.54) is 18.9 Å². The summed E-state index contributed by atoms with van der Waals surface area (Å²) in [6.45, 7) is 2.23. The lowest BCUT2D eigenvalue weighted by Crippen LogP contribution is -2.43. The number of ether oxygens (including phenoxy) is 3. The van der Waals surface area contributed by atoms with Crippen molar-refractivity contribution in [1.29, 1.82) is 0 Å². The topological polar surface area (TPSA) is 74.6 Å². The molecule has 1 amide bonds. The number of fused-ring (bicyclic) bond motifs is 2.